The van der Waals surface area contributed by atoms with E-state index in [1.54, 1.807) is 12.4 Å². The summed E-state index contributed by atoms with van der Waals surface area (Å²) in [6.45, 7) is 3.75. The summed E-state index contributed by atoms with van der Waals surface area (Å²) in [5, 5.41) is 7.79. The Morgan fingerprint density at radius 2 is 1.93 bits per heavy atom. The average Bonchev–Trinajstić information content (AvgIpc) is 3.02. The number of rotatable bonds is 5. The summed E-state index contributed by atoms with van der Waals surface area (Å²) in [7, 11) is 0. The zero-order chi connectivity index (χ0) is 20.4. The van der Waals surface area contributed by atoms with Gasteiger partial charge in [-0.05, 0) is 37.6 Å². The molecule has 4 aromatic rings. The van der Waals surface area contributed by atoms with Gasteiger partial charge in [-0.25, -0.2) is 18.9 Å². The zero-order valence-electron chi connectivity index (χ0n) is 16.0. The van der Waals surface area contributed by atoms with Gasteiger partial charge in [0.2, 0.25) is 5.91 Å². The normalized spacial score (nSPS) is 11.0. The summed E-state index contributed by atoms with van der Waals surface area (Å²) < 4.78 is 2.56. The summed E-state index contributed by atoms with van der Waals surface area (Å²) >= 11 is 1.42. The number of amides is 1. The standard InChI is InChI=1S/C21H19N5O2S/c1-14-8-9-17(15(2)12-14)23-18(27)13-26-21(28)25-11-10-22-20(19(25)24-26)29-16-6-4-3-5-7-16/h3-12H,13H2,1-2H3,(H,23,27). The number of carbonyl (C=O) groups is 1. The molecular weight excluding hydrogens is 386 g/mol. The fraction of sp³-hybridized carbons (Fsp3) is 0.143. The Labute approximate surface area is 171 Å². The van der Waals surface area contributed by atoms with Gasteiger partial charge in [0.05, 0.1) is 0 Å². The third-order valence-electron chi connectivity index (χ3n) is 4.38. The summed E-state index contributed by atoms with van der Waals surface area (Å²) in [5.41, 5.74) is 2.85. The first-order valence-corrected chi connectivity index (χ1v) is 9.87. The Bertz CT molecular complexity index is 1250. The smallest absolute Gasteiger partial charge is 0.324 e. The highest BCUT2D eigenvalue weighted by molar-refractivity contribution is 7.99. The Balaban J connectivity index is 1.59. The summed E-state index contributed by atoms with van der Waals surface area (Å²) in [6.07, 6.45) is 3.11. The number of hydrogen-bond donors (Lipinski definition) is 1. The molecule has 0 aliphatic rings. The first kappa shape index (κ1) is 18.9. The van der Waals surface area contributed by atoms with Gasteiger partial charge >= 0.3 is 5.69 Å². The van der Waals surface area contributed by atoms with Crippen molar-refractivity contribution in [2.24, 2.45) is 0 Å². The van der Waals surface area contributed by atoms with Gasteiger partial charge in [0.15, 0.2) is 5.65 Å². The molecule has 0 saturated heterocycles. The minimum Gasteiger partial charge on any atom is -0.324 e. The number of benzene rings is 2. The van der Waals surface area contributed by atoms with E-state index in [4.69, 9.17) is 0 Å². The van der Waals surface area contributed by atoms with Crippen LogP contribution in [0, 0.1) is 13.8 Å². The molecular formula is C21H19N5O2S. The maximum atomic E-state index is 12.7. The van der Waals surface area contributed by atoms with Gasteiger partial charge in [-0.15, -0.1) is 5.10 Å². The highest BCUT2D eigenvalue weighted by Crippen LogP contribution is 2.27. The van der Waals surface area contributed by atoms with E-state index in [-0.39, 0.29) is 18.1 Å². The van der Waals surface area contributed by atoms with Crippen molar-refractivity contribution in [3.63, 3.8) is 0 Å². The van der Waals surface area contributed by atoms with E-state index >= 15 is 0 Å². The van der Waals surface area contributed by atoms with Crippen LogP contribution in [0.25, 0.3) is 5.65 Å². The van der Waals surface area contributed by atoms with Crippen LogP contribution in [0.4, 0.5) is 5.69 Å². The SMILES string of the molecule is Cc1ccc(NC(=O)Cn2nc3c(Sc4ccccc4)nccn3c2=O)c(C)c1. The van der Waals surface area contributed by atoms with E-state index in [1.165, 1.54) is 16.2 Å². The van der Waals surface area contributed by atoms with Gasteiger partial charge in [0.25, 0.3) is 0 Å². The molecule has 7 nitrogen and oxygen atoms in total. The van der Waals surface area contributed by atoms with Gasteiger partial charge in [-0.3, -0.25) is 4.79 Å². The summed E-state index contributed by atoms with van der Waals surface area (Å²) in [4.78, 5) is 30.5. The molecule has 29 heavy (non-hydrogen) atoms. The zero-order valence-corrected chi connectivity index (χ0v) is 16.8. The number of fused-ring (bicyclic) bond motifs is 1. The van der Waals surface area contributed by atoms with Gasteiger partial charge in [0.1, 0.15) is 11.6 Å². The number of nitrogens with zero attached hydrogens (tertiary/aromatic N) is 4. The number of aromatic nitrogens is 4. The molecule has 146 valence electrons. The fourth-order valence-electron chi connectivity index (χ4n) is 2.98. The lowest BCUT2D eigenvalue weighted by molar-refractivity contribution is -0.117. The van der Waals surface area contributed by atoms with Gasteiger partial charge < -0.3 is 5.32 Å². The maximum absolute atomic E-state index is 12.7. The first-order valence-electron chi connectivity index (χ1n) is 9.05. The molecule has 0 bridgehead atoms. The lowest BCUT2D eigenvalue weighted by Gasteiger charge is -2.08. The fourth-order valence-corrected chi connectivity index (χ4v) is 3.84. The number of anilines is 1. The van der Waals surface area contributed by atoms with E-state index in [2.05, 4.69) is 15.4 Å². The van der Waals surface area contributed by atoms with Crippen LogP contribution >= 0.6 is 11.8 Å². The van der Waals surface area contributed by atoms with Crippen molar-refractivity contribution in [2.45, 2.75) is 30.3 Å². The van der Waals surface area contributed by atoms with Crippen molar-refractivity contribution in [3.8, 4) is 0 Å². The molecule has 0 aliphatic heterocycles. The highest BCUT2D eigenvalue weighted by Gasteiger charge is 2.15. The van der Waals surface area contributed by atoms with Crippen LogP contribution in [0.2, 0.25) is 0 Å². The third-order valence-corrected chi connectivity index (χ3v) is 5.37. The topological polar surface area (TPSA) is 81.3 Å². The molecule has 0 radical (unpaired) electrons. The van der Waals surface area contributed by atoms with Crippen LogP contribution in [0.3, 0.4) is 0 Å². The van der Waals surface area contributed by atoms with Crippen molar-refractivity contribution >= 4 is 29.0 Å². The van der Waals surface area contributed by atoms with E-state index in [0.717, 1.165) is 26.4 Å². The molecule has 0 fully saturated rings. The second-order valence-corrected chi connectivity index (χ2v) is 7.71. The van der Waals surface area contributed by atoms with Crippen LogP contribution in [-0.2, 0) is 11.3 Å². The maximum Gasteiger partial charge on any atom is 0.350 e. The number of aryl methyl sites for hydroxylation is 2. The summed E-state index contributed by atoms with van der Waals surface area (Å²) in [5.74, 6) is -0.312. The molecule has 8 heteroatoms. The van der Waals surface area contributed by atoms with E-state index in [1.807, 2.05) is 62.4 Å². The second kappa shape index (κ2) is 7.92. The van der Waals surface area contributed by atoms with Crippen molar-refractivity contribution in [2.75, 3.05) is 5.32 Å². The predicted molar refractivity (Wildman–Crippen MR) is 112 cm³/mol. The Kier molecular flexibility index (Phi) is 5.18. The van der Waals surface area contributed by atoms with Gasteiger partial charge in [-0.1, -0.05) is 47.7 Å². The number of nitrogens with one attached hydrogen (secondary N) is 1. The number of carbonyl (C=O) groups excluding carboxylic acids is 1. The molecule has 1 amide bonds. The second-order valence-electron chi connectivity index (χ2n) is 6.65. The first-order chi connectivity index (χ1) is 14.0. The van der Waals surface area contributed by atoms with Crippen molar-refractivity contribution in [3.05, 3.63) is 82.5 Å². The molecule has 0 aliphatic carbocycles. The van der Waals surface area contributed by atoms with Gasteiger partial charge in [-0.2, -0.15) is 0 Å². The van der Waals surface area contributed by atoms with E-state index in [9.17, 15) is 9.59 Å². The van der Waals surface area contributed by atoms with Crippen LogP contribution in [-0.4, -0.2) is 25.1 Å². The van der Waals surface area contributed by atoms with Crippen LogP contribution < -0.4 is 11.0 Å². The highest BCUT2D eigenvalue weighted by atomic mass is 32.2. The Morgan fingerprint density at radius 1 is 1.14 bits per heavy atom. The molecule has 0 atom stereocenters. The molecule has 2 aromatic carbocycles. The molecule has 4 rings (SSSR count). The number of hydrogen-bond acceptors (Lipinski definition) is 5. The Morgan fingerprint density at radius 3 is 2.69 bits per heavy atom. The van der Waals surface area contributed by atoms with Crippen LogP contribution in [0.5, 0.6) is 0 Å². The monoisotopic (exact) mass is 405 g/mol. The Hall–Kier alpha value is -3.39. The van der Waals surface area contributed by atoms with Crippen molar-refractivity contribution in [1.82, 2.24) is 19.2 Å². The average molecular weight is 405 g/mol. The molecule has 0 saturated carbocycles. The quantitative estimate of drug-likeness (QED) is 0.551. The molecule has 0 unspecified atom stereocenters. The molecule has 2 heterocycles. The summed E-state index contributed by atoms with van der Waals surface area (Å²) in [6, 6.07) is 15.5. The van der Waals surface area contributed by atoms with Crippen molar-refractivity contribution in [1.29, 1.82) is 0 Å². The molecule has 1 N–H and O–H groups in total. The van der Waals surface area contributed by atoms with Crippen LogP contribution in [0.1, 0.15) is 11.1 Å². The molecule has 0 spiro atoms. The molecule has 2 aromatic heterocycles. The minimum atomic E-state index is -0.381. The van der Waals surface area contributed by atoms with Gasteiger partial charge in [0, 0.05) is 23.0 Å². The van der Waals surface area contributed by atoms with E-state index in [0.29, 0.717) is 10.7 Å². The lowest BCUT2D eigenvalue weighted by atomic mass is 10.1. The minimum absolute atomic E-state index is 0.177. The van der Waals surface area contributed by atoms with E-state index < -0.39 is 0 Å². The largest absolute Gasteiger partial charge is 0.350 e. The third kappa shape index (κ3) is 4.07. The van der Waals surface area contributed by atoms with Crippen molar-refractivity contribution < 1.29 is 4.79 Å². The predicted octanol–water partition coefficient (Wildman–Crippen LogP) is 3.30. The van der Waals surface area contributed by atoms with Crippen LogP contribution in [0.15, 0.2) is 75.6 Å². The lowest BCUT2D eigenvalue weighted by Crippen LogP contribution is -2.28.